The number of fused-ring (bicyclic) bond motifs is 9. The maximum atomic E-state index is 12.7. The third-order valence-electron chi connectivity index (χ3n) is 7.96. The molecule has 41 heavy (non-hydrogen) atoms. The van der Waals surface area contributed by atoms with E-state index < -0.39 is 82.5 Å². The first-order valence-electron chi connectivity index (χ1n) is 13.2. The van der Waals surface area contributed by atoms with Gasteiger partial charge in [-0.25, -0.2) is 18.7 Å². The Bertz CT molecular complexity index is 1490. The highest BCUT2D eigenvalue weighted by Crippen LogP contribution is 2.61. The molecule has 0 aromatic carbocycles. The molecule has 2 aromatic rings. The van der Waals surface area contributed by atoms with Gasteiger partial charge in [-0.2, -0.15) is 4.31 Å². The number of hydrogen-bond acceptors (Lipinski definition) is 13. The summed E-state index contributed by atoms with van der Waals surface area (Å²) in [6, 6.07) is -0.397. The molecule has 8 rings (SSSR count). The molecule has 2 aromatic heterocycles. The topological polar surface area (TPSA) is 209 Å². The van der Waals surface area contributed by atoms with Crippen LogP contribution in [0.4, 0.5) is 5.82 Å². The maximum Gasteiger partial charge on any atom is 0.481 e. The zero-order valence-corrected chi connectivity index (χ0v) is 24.4. The standard InChI is InChI=1S/C22H31N5O12P2/c1-21(2)35-14-10-5-11(15(14)36-21)26-9-25-19-13(18(26)23)24-8-27(19)20-17-16(37-22(3,4)38-17)12(34-20)7-33-41(30,31)39-40(28,29)32-6-10/h8-12,14-17,20,23H,5-7H2,1-4H3,(H2,28,29,30,31)/p+1/t10-,11-,12-,14-,15+,16-,17-,20-/m1/s1. The highest BCUT2D eigenvalue weighted by atomic mass is 31.3. The summed E-state index contributed by atoms with van der Waals surface area (Å²) in [6.07, 6.45) is -0.727. The van der Waals surface area contributed by atoms with Crippen molar-refractivity contribution < 1.29 is 60.5 Å². The Morgan fingerprint density at radius 3 is 2.32 bits per heavy atom. The average Bonchev–Trinajstić information content (AvgIpc) is 3.62. The van der Waals surface area contributed by atoms with E-state index in [-0.39, 0.29) is 6.61 Å². The second-order valence-corrected chi connectivity index (χ2v) is 14.8. The molecule has 0 radical (unpaired) electrons. The minimum Gasteiger partial charge on any atom is -0.346 e. The van der Waals surface area contributed by atoms with Crippen molar-refractivity contribution in [1.82, 2.24) is 14.5 Å². The Balaban J connectivity index is 1.32. The number of nitrogens with zero attached hydrogens (tertiary/aromatic N) is 4. The van der Waals surface area contributed by atoms with E-state index in [4.69, 9.17) is 38.5 Å². The zero-order chi connectivity index (χ0) is 29.1. The Morgan fingerprint density at radius 1 is 0.951 bits per heavy atom. The SMILES string of the molecule is CC1(C)O[C@@H]2[C@H]3COP(=O)(O)OP(=O)(O)OC[C@H]4O[C@H]([C@@H]5OC(C)(C)O[C@@H]54)n4cnc5c(N)[n+](cnc54)[C@H](C3)[C@@H]2O1. The van der Waals surface area contributed by atoms with Crippen LogP contribution in [-0.2, 0) is 46.2 Å². The first kappa shape index (κ1) is 28.2. The number of imidazole rings is 1. The second kappa shape index (κ2) is 9.21. The molecular weight excluding hydrogens is 588 g/mol. The smallest absolute Gasteiger partial charge is 0.346 e. The highest BCUT2D eigenvalue weighted by Gasteiger charge is 2.59. The number of ether oxygens (including phenoxy) is 5. The Labute approximate surface area is 234 Å². The number of hydrogen-bond donors (Lipinski definition) is 3. The monoisotopic (exact) mass is 620 g/mol. The van der Waals surface area contributed by atoms with Gasteiger partial charge in [0, 0.05) is 5.92 Å². The van der Waals surface area contributed by atoms with Crippen LogP contribution in [0.3, 0.4) is 0 Å². The van der Waals surface area contributed by atoms with Crippen molar-refractivity contribution in [2.24, 2.45) is 5.92 Å². The van der Waals surface area contributed by atoms with Gasteiger partial charge in [-0.3, -0.25) is 13.6 Å². The highest BCUT2D eigenvalue weighted by molar-refractivity contribution is 7.61. The number of rotatable bonds is 0. The normalized spacial score (nSPS) is 45.1. The van der Waals surface area contributed by atoms with Crippen LogP contribution in [0.15, 0.2) is 12.7 Å². The van der Waals surface area contributed by atoms with Gasteiger partial charge >= 0.3 is 15.6 Å². The molecule has 10 atom stereocenters. The lowest BCUT2D eigenvalue weighted by Crippen LogP contribution is -2.48. The van der Waals surface area contributed by atoms with Crippen molar-refractivity contribution in [2.45, 2.75) is 88.5 Å². The molecule has 1 saturated carbocycles. The molecular formula is C22H32N5O12P2+. The van der Waals surface area contributed by atoms with E-state index in [1.807, 2.05) is 0 Å². The summed E-state index contributed by atoms with van der Waals surface area (Å²) in [5.74, 6) is -2.09. The van der Waals surface area contributed by atoms with Crippen LogP contribution in [0.2, 0.25) is 0 Å². The molecule has 8 bridgehead atoms. The largest absolute Gasteiger partial charge is 0.481 e. The first-order chi connectivity index (χ1) is 19.1. The number of phosphoric acid groups is 2. The van der Waals surface area contributed by atoms with Crippen molar-refractivity contribution in [3.05, 3.63) is 12.7 Å². The zero-order valence-electron chi connectivity index (χ0n) is 22.6. The Morgan fingerprint density at radius 2 is 1.59 bits per heavy atom. The Kier molecular flexibility index (Phi) is 6.33. The number of nitrogens with two attached hydrogens (primary N) is 1. The van der Waals surface area contributed by atoms with Crippen LogP contribution < -0.4 is 10.3 Å². The molecule has 6 aliphatic rings. The number of nitrogen functional groups attached to an aromatic ring is 1. The van der Waals surface area contributed by atoms with Gasteiger partial charge in [0.1, 0.15) is 36.8 Å². The minimum atomic E-state index is -5.09. The molecule has 5 aliphatic heterocycles. The van der Waals surface area contributed by atoms with E-state index >= 15 is 0 Å². The maximum absolute atomic E-state index is 12.7. The van der Waals surface area contributed by atoms with E-state index in [2.05, 4.69) is 14.3 Å². The lowest BCUT2D eigenvalue weighted by Gasteiger charge is -2.25. The third kappa shape index (κ3) is 4.86. The van der Waals surface area contributed by atoms with Crippen molar-refractivity contribution in [3.8, 4) is 0 Å². The van der Waals surface area contributed by atoms with Gasteiger partial charge in [-0.1, -0.05) is 4.98 Å². The lowest BCUT2D eigenvalue weighted by atomic mass is 10.1. The lowest BCUT2D eigenvalue weighted by molar-refractivity contribution is -0.717. The van der Waals surface area contributed by atoms with Crippen LogP contribution in [0.1, 0.15) is 46.4 Å². The molecule has 1 aliphatic carbocycles. The van der Waals surface area contributed by atoms with Crippen LogP contribution in [-0.4, -0.2) is 79.6 Å². The summed E-state index contributed by atoms with van der Waals surface area (Å²) >= 11 is 0. The first-order valence-corrected chi connectivity index (χ1v) is 16.2. The fourth-order valence-electron chi connectivity index (χ4n) is 6.46. The van der Waals surface area contributed by atoms with Gasteiger partial charge in [0.05, 0.1) is 19.3 Å². The van der Waals surface area contributed by atoms with Crippen LogP contribution >= 0.6 is 15.6 Å². The van der Waals surface area contributed by atoms with Gasteiger partial charge in [0.15, 0.2) is 23.3 Å². The minimum absolute atomic E-state index is 0.323. The van der Waals surface area contributed by atoms with E-state index in [1.54, 1.807) is 43.2 Å². The predicted molar refractivity (Wildman–Crippen MR) is 133 cm³/mol. The third-order valence-corrected chi connectivity index (χ3v) is 10.6. The van der Waals surface area contributed by atoms with E-state index in [9.17, 15) is 18.9 Å². The van der Waals surface area contributed by atoms with Gasteiger partial charge in [-0.05, 0) is 34.1 Å². The molecule has 3 saturated heterocycles. The van der Waals surface area contributed by atoms with E-state index in [1.165, 1.54) is 6.33 Å². The van der Waals surface area contributed by atoms with Crippen LogP contribution in [0, 0.1) is 5.92 Å². The summed E-state index contributed by atoms with van der Waals surface area (Å²) in [4.78, 5) is 29.8. The van der Waals surface area contributed by atoms with Crippen molar-refractivity contribution in [3.63, 3.8) is 0 Å². The van der Waals surface area contributed by atoms with Gasteiger partial charge in [-0.15, -0.1) is 0 Å². The summed E-state index contributed by atoms with van der Waals surface area (Å²) < 4.78 is 74.2. The molecule has 0 amide bonds. The molecule has 19 heteroatoms. The van der Waals surface area contributed by atoms with Crippen molar-refractivity contribution >= 4 is 32.6 Å². The fraction of sp³-hybridized carbons (Fsp3) is 0.773. The summed E-state index contributed by atoms with van der Waals surface area (Å²) in [7, 11) is -10.1. The number of phosphoric ester groups is 2. The quantitative estimate of drug-likeness (QED) is 0.278. The molecule has 226 valence electrons. The van der Waals surface area contributed by atoms with Crippen LogP contribution in [0.25, 0.3) is 11.2 Å². The molecule has 4 N–H and O–H groups in total. The predicted octanol–water partition coefficient (Wildman–Crippen LogP) is 1.06. The Hall–Kier alpha value is -1.59. The summed E-state index contributed by atoms with van der Waals surface area (Å²) in [6.45, 7) is 6.10. The van der Waals surface area contributed by atoms with Gasteiger partial charge < -0.3 is 39.2 Å². The fourth-order valence-corrected chi connectivity index (χ4v) is 8.60. The van der Waals surface area contributed by atoms with E-state index in [0.717, 1.165) is 0 Å². The molecule has 2 unspecified atom stereocenters. The molecule has 0 spiro atoms. The van der Waals surface area contributed by atoms with Gasteiger partial charge in [0.25, 0.3) is 5.82 Å². The second-order valence-electron chi connectivity index (χ2n) is 11.7. The van der Waals surface area contributed by atoms with Crippen molar-refractivity contribution in [1.29, 1.82) is 0 Å². The number of aromatic nitrogens is 4. The molecule has 7 heterocycles. The molecule has 17 nitrogen and oxygen atoms in total. The van der Waals surface area contributed by atoms with Gasteiger partial charge in [0.2, 0.25) is 12.0 Å². The summed E-state index contributed by atoms with van der Waals surface area (Å²) in [5, 5.41) is 0. The average molecular weight is 620 g/mol. The van der Waals surface area contributed by atoms with Crippen molar-refractivity contribution in [2.75, 3.05) is 18.9 Å². The number of anilines is 1. The van der Waals surface area contributed by atoms with Crippen LogP contribution in [0.5, 0.6) is 0 Å². The van der Waals surface area contributed by atoms with E-state index in [0.29, 0.717) is 23.4 Å². The summed E-state index contributed by atoms with van der Waals surface area (Å²) in [5.41, 5.74) is 7.49. The molecule has 4 fully saturated rings.